The summed E-state index contributed by atoms with van der Waals surface area (Å²) >= 11 is 0. The van der Waals surface area contributed by atoms with Crippen LogP contribution in [0.1, 0.15) is 56.8 Å². The Labute approximate surface area is 233 Å². The third kappa shape index (κ3) is 6.94. The van der Waals surface area contributed by atoms with Gasteiger partial charge in [0.25, 0.3) is 0 Å². The Morgan fingerprint density at radius 3 is 1.73 bits per heavy atom. The van der Waals surface area contributed by atoms with Crippen molar-refractivity contribution >= 4 is 17.9 Å². The molecule has 5 unspecified atom stereocenters. The number of carbonyl (C=O) groups excluding carboxylic acids is 3. The average Bonchev–Trinajstić information content (AvgIpc) is 3.32. The van der Waals surface area contributed by atoms with Gasteiger partial charge in [0.15, 0.2) is 12.4 Å². The summed E-state index contributed by atoms with van der Waals surface area (Å²) < 4.78 is 29.7. The van der Waals surface area contributed by atoms with E-state index in [-0.39, 0.29) is 6.61 Å². The third-order valence-corrected chi connectivity index (χ3v) is 7.10. The average molecular weight is 545 g/mol. The summed E-state index contributed by atoms with van der Waals surface area (Å²) in [6.07, 6.45) is -0.0105. The van der Waals surface area contributed by atoms with Crippen molar-refractivity contribution in [1.82, 2.24) is 0 Å². The first kappa shape index (κ1) is 27.6. The summed E-state index contributed by atoms with van der Waals surface area (Å²) in [4.78, 5) is 39.1. The maximum absolute atomic E-state index is 13.2. The van der Waals surface area contributed by atoms with Crippen LogP contribution in [0.4, 0.5) is 0 Å². The SMILES string of the molecule is O=C(OCC1CC(OC2CCCCO2)C(OC(=O)c2ccccc2)C1OC(=O)c1ccccc1)c1ccccc1. The van der Waals surface area contributed by atoms with Gasteiger partial charge in [-0.15, -0.1) is 0 Å². The minimum Gasteiger partial charge on any atom is -0.462 e. The van der Waals surface area contributed by atoms with Crippen molar-refractivity contribution in [2.45, 2.75) is 50.3 Å². The van der Waals surface area contributed by atoms with Crippen LogP contribution in [-0.4, -0.2) is 55.7 Å². The van der Waals surface area contributed by atoms with Crippen LogP contribution in [-0.2, 0) is 23.7 Å². The molecule has 0 bridgehead atoms. The Hall–Kier alpha value is -4.01. The highest BCUT2D eigenvalue weighted by Crippen LogP contribution is 2.36. The van der Waals surface area contributed by atoms with Crippen molar-refractivity contribution in [2.75, 3.05) is 13.2 Å². The molecule has 0 amide bonds. The Morgan fingerprint density at radius 2 is 1.20 bits per heavy atom. The van der Waals surface area contributed by atoms with E-state index in [0.29, 0.717) is 36.1 Å². The number of benzene rings is 3. The summed E-state index contributed by atoms with van der Waals surface area (Å²) in [5.41, 5.74) is 1.13. The summed E-state index contributed by atoms with van der Waals surface area (Å²) in [5.74, 6) is -2.11. The summed E-state index contributed by atoms with van der Waals surface area (Å²) in [7, 11) is 0. The molecule has 1 saturated carbocycles. The quantitative estimate of drug-likeness (QED) is 0.267. The number of carbonyl (C=O) groups is 3. The van der Waals surface area contributed by atoms with Gasteiger partial charge in [0.05, 0.1) is 23.3 Å². The van der Waals surface area contributed by atoms with Crippen LogP contribution in [0.15, 0.2) is 91.0 Å². The maximum Gasteiger partial charge on any atom is 0.338 e. The lowest BCUT2D eigenvalue weighted by atomic mass is 10.1. The Kier molecular flexibility index (Phi) is 9.21. The second kappa shape index (κ2) is 13.4. The molecular weight excluding hydrogens is 512 g/mol. The van der Waals surface area contributed by atoms with E-state index in [2.05, 4.69) is 0 Å². The van der Waals surface area contributed by atoms with Crippen LogP contribution in [0.2, 0.25) is 0 Å². The lowest BCUT2D eigenvalue weighted by Crippen LogP contribution is -2.42. The molecule has 5 rings (SSSR count). The summed E-state index contributed by atoms with van der Waals surface area (Å²) in [6, 6.07) is 25.8. The van der Waals surface area contributed by atoms with Crippen LogP contribution in [0.3, 0.4) is 0 Å². The summed E-state index contributed by atoms with van der Waals surface area (Å²) in [6.45, 7) is 0.529. The van der Waals surface area contributed by atoms with Gasteiger partial charge in [0.1, 0.15) is 12.2 Å². The molecule has 5 atom stereocenters. The number of ether oxygens (including phenoxy) is 5. The van der Waals surface area contributed by atoms with E-state index in [1.807, 2.05) is 6.07 Å². The zero-order valence-corrected chi connectivity index (χ0v) is 22.1. The van der Waals surface area contributed by atoms with Crippen molar-refractivity contribution in [1.29, 1.82) is 0 Å². The van der Waals surface area contributed by atoms with Gasteiger partial charge in [-0.25, -0.2) is 14.4 Å². The second-order valence-electron chi connectivity index (χ2n) is 9.90. The fraction of sp³-hybridized carbons (Fsp3) is 0.344. The normalized spacial score (nSPS) is 24.1. The van der Waals surface area contributed by atoms with Crippen LogP contribution in [0, 0.1) is 5.92 Å². The molecule has 3 aromatic rings. The van der Waals surface area contributed by atoms with Crippen LogP contribution in [0.25, 0.3) is 0 Å². The van der Waals surface area contributed by atoms with E-state index < -0.39 is 48.4 Å². The highest BCUT2D eigenvalue weighted by Gasteiger charge is 2.50. The van der Waals surface area contributed by atoms with Gasteiger partial charge < -0.3 is 23.7 Å². The Bertz CT molecular complexity index is 1260. The molecule has 1 heterocycles. The zero-order chi connectivity index (χ0) is 27.7. The van der Waals surface area contributed by atoms with Crippen molar-refractivity contribution in [3.05, 3.63) is 108 Å². The van der Waals surface area contributed by atoms with Gasteiger partial charge in [-0.05, 0) is 62.1 Å². The van der Waals surface area contributed by atoms with E-state index in [9.17, 15) is 14.4 Å². The molecule has 0 radical (unpaired) electrons. The van der Waals surface area contributed by atoms with E-state index in [1.54, 1.807) is 84.9 Å². The highest BCUT2D eigenvalue weighted by atomic mass is 16.7. The second-order valence-corrected chi connectivity index (χ2v) is 9.90. The molecule has 2 fully saturated rings. The minimum absolute atomic E-state index is 0.0504. The monoisotopic (exact) mass is 544 g/mol. The van der Waals surface area contributed by atoms with Crippen LogP contribution in [0.5, 0.6) is 0 Å². The first-order valence-corrected chi connectivity index (χ1v) is 13.6. The molecular formula is C32H32O8. The molecule has 40 heavy (non-hydrogen) atoms. The van der Waals surface area contributed by atoms with Crippen molar-refractivity contribution in [3.63, 3.8) is 0 Å². The lowest BCUT2D eigenvalue weighted by Gasteiger charge is -2.30. The zero-order valence-electron chi connectivity index (χ0n) is 22.1. The number of hydrogen-bond acceptors (Lipinski definition) is 8. The molecule has 0 aromatic heterocycles. The van der Waals surface area contributed by atoms with Gasteiger partial charge in [0, 0.05) is 12.5 Å². The molecule has 208 valence electrons. The predicted molar refractivity (Wildman–Crippen MR) is 145 cm³/mol. The van der Waals surface area contributed by atoms with Gasteiger partial charge in [-0.2, -0.15) is 0 Å². The van der Waals surface area contributed by atoms with Crippen molar-refractivity contribution in [2.24, 2.45) is 5.92 Å². The fourth-order valence-electron chi connectivity index (χ4n) is 5.03. The molecule has 0 N–H and O–H groups in total. The van der Waals surface area contributed by atoms with E-state index >= 15 is 0 Å². The molecule has 1 aliphatic carbocycles. The number of esters is 3. The fourth-order valence-corrected chi connectivity index (χ4v) is 5.03. The molecule has 1 saturated heterocycles. The van der Waals surface area contributed by atoms with E-state index in [4.69, 9.17) is 23.7 Å². The Balaban J connectivity index is 1.40. The smallest absolute Gasteiger partial charge is 0.338 e. The first-order chi connectivity index (χ1) is 19.6. The lowest BCUT2D eigenvalue weighted by molar-refractivity contribution is -0.205. The largest absolute Gasteiger partial charge is 0.462 e. The molecule has 0 spiro atoms. The highest BCUT2D eigenvalue weighted by molar-refractivity contribution is 5.91. The topological polar surface area (TPSA) is 97.4 Å². The van der Waals surface area contributed by atoms with Crippen molar-refractivity contribution in [3.8, 4) is 0 Å². The Morgan fingerprint density at radius 1 is 0.675 bits per heavy atom. The molecule has 2 aliphatic rings. The van der Waals surface area contributed by atoms with Gasteiger partial charge in [-0.1, -0.05) is 54.6 Å². The maximum atomic E-state index is 13.2. The number of hydrogen-bond donors (Lipinski definition) is 0. The first-order valence-electron chi connectivity index (χ1n) is 13.6. The van der Waals surface area contributed by atoms with Crippen LogP contribution < -0.4 is 0 Å². The third-order valence-electron chi connectivity index (χ3n) is 7.10. The minimum atomic E-state index is -0.939. The predicted octanol–water partition coefficient (Wildman–Crippen LogP) is 5.23. The summed E-state index contributed by atoms with van der Waals surface area (Å²) in [5, 5.41) is 0. The molecule has 3 aromatic carbocycles. The molecule has 8 heteroatoms. The van der Waals surface area contributed by atoms with Crippen molar-refractivity contribution < 1.29 is 38.1 Å². The van der Waals surface area contributed by atoms with Crippen LogP contribution >= 0.6 is 0 Å². The molecule has 8 nitrogen and oxygen atoms in total. The van der Waals surface area contributed by atoms with Gasteiger partial charge in [0.2, 0.25) is 0 Å². The number of rotatable bonds is 9. The van der Waals surface area contributed by atoms with E-state index in [1.165, 1.54) is 0 Å². The standard InChI is InChI=1S/C32H32O8/c33-30(22-12-4-1-5-13-22)37-21-25-20-26(38-27-18-10-11-19-36-27)29(40-32(35)24-16-8-3-9-17-24)28(25)39-31(34)23-14-6-2-7-15-23/h1-9,12-17,25-29H,10-11,18-21H2. The van der Waals surface area contributed by atoms with E-state index in [0.717, 1.165) is 12.8 Å². The van der Waals surface area contributed by atoms with Gasteiger partial charge >= 0.3 is 17.9 Å². The molecule has 1 aliphatic heterocycles. The van der Waals surface area contributed by atoms with Gasteiger partial charge in [-0.3, -0.25) is 0 Å².